The number of methoxy groups -OCH3 is 1. The third-order valence-corrected chi connectivity index (χ3v) is 5.76. The Balaban J connectivity index is 1.57. The molecule has 2 heterocycles. The molecule has 28 heavy (non-hydrogen) atoms. The number of hydrogen-bond acceptors (Lipinski definition) is 4. The Bertz CT molecular complexity index is 851. The van der Waals surface area contributed by atoms with Crippen molar-refractivity contribution in [3.8, 4) is 5.75 Å². The first-order valence-electron chi connectivity index (χ1n) is 9.48. The van der Waals surface area contributed by atoms with Crippen LogP contribution in [0.5, 0.6) is 5.75 Å². The van der Waals surface area contributed by atoms with Gasteiger partial charge >= 0.3 is 6.03 Å². The SMILES string of the molecule is COc1ccc([C@H](CN2C(=O)[C@@H]3Cc4ccccc4CN3C2=O)N(C)C)cc1. The molecule has 0 N–H and O–H groups in total. The van der Waals surface area contributed by atoms with E-state index in [0.717, 1.165) is 22.4 Å². The van der Waals surface area contributed by atoms with Crippen LogP contribution in [0, 0.1) is 0 Å². The van der Waals surface area contributed by atoms with Crippen LogP contribution >= 0.6 is 0 Å². The van der Waals surface area contributed by atoms with Crippen LogP contribution in [-0.4, -0.2) is 60.4 Å². The van der Waals surface area contributed by atoms with Gasteiger partial charge in [0.15, 0.2) is 0 Å². The quantitative estimate of drug-likeness (QED) is 0.750. The van der Waals surface area contributed by atoms with E-state index in [1.54, 1.807) is 12.0 Å². The van der Waals surface area contributed by atoms with Crippen molar-refractivity contribution in [3.63, 3.8) is 0 Å². The molecular weight excluding hydrogens is 354 g/mol. The molecule has 6 nitrogen and oxygen atoms in total. The van der Waals surface area contributed by atoms with Gasteiger partial charge in [0, 0.05) is 13.0 Å². The second-order valence-electron chi connectivity index (χ2n) is 7.60. The van der Waals surface area contributed by atoms with Gasteiger partial charge in [0.1, 0.15) is 11.8 Å². The van der Waals surface area contributed by atoms with E-state index in [4.69, 9.17) is 4.74 Å². The minimum absolute atomic E-state index is 0.0810. The summed E-state index contributed by atoms with van der Waals surface area (Å²) < 4.78 is 5.23. The molecule has 2 aliphatic rings. The Kier molecular flexibility index (Phi) is 4.81. The highest BCUT2D eigenvalue weighted by Crippen LogP contribution is 2.32. The first-order chi connectivity index (χ1) is 13.5. The van der Waals surface area contributed by atoms with Gasteiger partial charge in [-0.1, -0.05) is 36.4 Å². The number of fused-ring (bicyclic) bond motifs is 2. The van der Waals surface area contributed by atoms with E-state index in [9.17, 15) is 9.59 Å². The van der Waals surface area contributed by atoms with Crippen molar-refractivity contribution in [3.05, 3.63) is 65.2 Å². The number of hydrogen-bond donors (Lipinski definition) is 0. The fraction of sp³-hybridized carbons (Fsp3) is 0.364. The molecule has 1 saturated heterocycles. The van der Waals surface area contributed by atoms with Crippen LogP contribution in [0.1, 0.15) is 22.7 Å². The topological polar surface area (TPSA) is 53.1 Å². The minimum Gasteiger partial charge on any atom is -0.497 e. The molecule has 0 unspecified atom stereocenters. The maximum atomic E-state index is 13.1. The van der Waals surface area contributed by atoms with Crippen molar-refractivity contribution >= 4 is 11.9 Å². The standard InChI is InChI=1S/C22H25N3O3/c1-23(2)20(15-8-10-18(28-3)11-9-15)14-25-21(26)19-12-16-6-4-5-7-17(16)13-24(19)22(25)27/h4-11,19-20H,12-14H2,1-3H3/t19-,20-/m0/s1. The van der Waals surface area contributed by atoms with Gasteiger partial charge in [0.2, 0.25) is 0 Å². The molecule has 2 aliphatic heterocycles. The lowest BCUT2D eigenvalue weighted by atomic mass is 9.95. The Morgan fingerprint density at radius 3 is 2.39 bits per heavy atom. The smallest absolute Gasteiger partial charge is 0.327 e. The highest BCUT2D eigenvalue weighted by atomic mass is 16.5. The van der Waals surface area contributed by atoms with Crippen LogP contribution in [0.2, 0.25) is 0 Å². The van der Waals surface area contributed by atoms with Gasteiger partial charge in [-0.2, -0.15) is 0 Å². The zero-order valence-electron chi connectivity index (χ0n) is 16.5. The molecule has 2 aromatic rings. The predicted molar refractivity (Wildman–Crippen MR) is 106 cm³/mol. The lowest BCUT2D eigenvalue weighted by molar-refractivity contribution is -0.129. The molecule has 0 bridgehead atoms. The number of urea groups is 1. The Hall–Kier alpha value is -2.86. The Morgan fingerprint density at radius 1 is 1.07 bits per heavy atom. The summed E-state index contributed by atoms with van der Waals surface area (Å²) in [5.74, 6) is 0.685. The van der Waals surface area contributed by atoms with E-state index in [0.29, 0.717) is 19.5 Å². The number of nitrogens with zero attached hydrogens (tertiary/aromatic N) is 3. The number of carbonyl (C=O) groups is 2. The van der Waals surface area contributed by atoms with E-state index in [1.165, 1.54) is 4.90 Å². The number of imide groups is 1. The first-order valence-corrected chi connectivity index (χ1v) is 9.48. The second kappa shape index (κ2) is 7.28. The number of amides is 3. The number of carbonyl (C=O) groups excluding carboxylic acids is 2. The van der Waals surface area contributed by atoms with E-state index in [2.05, 4.69) is 0 Å². The van der Waals surface area contributed by atoms with Crippen molar-refractivity contribution in [2.24, 2.45) is 0 Å². The van der Waals surface area contributed by atoms with Gasteiger partial charge in [-0.25, -0.2) is 4.79 Å². The summed E-state index contributed by atoms with van der Waals surface area (Å²) in [5, 5.41) is 0. The maximum absolute atomic E-state index is 13.1. The molecule has 4 rings (SSSR count). The number of rotatable bonds is 5. The Labute approximate surface area is 165 Å². The second-order valence-corrected chi connectivity index (χ2v) is 7.60. The fourth-order valence-corrected chi connectivity index (χ4v) is 4.11. The van der Waals surface area contributed by atoms with Gasteiger partial charge in [-0.05, 0) is 42.9 Å². The lowest BCUT2D eigenvalue weighted by Crippen LogP contribution is -2.40. The lowest BCUT2D eigenvalue weighted by Gasteiger charge is -2.29. The summed E-state index contributed by atoms with van der Waals surface area (Å²) in [6.45, 7) is 0.831. The van der Waals surface area contributed by atoms with Gasteiger partial charge in [-0.3, -0.25) is 9.69 Å². The minimum atomic E-state index is -0.388. The molecule has 0 aliphatic carbocycles. The molecule has 0 saturated carbocycles. The number of benzene rings is 2. The third-order valence-electron chi connectivity index (χ3n) is 5.76. The van der Waals surface area contributed by atoms with Gasteiger partial charge in [0.25, 0.3) is 5.91 Å². The average molecular weight is 379 g/mol. The van der Waals surface area contributed by atoms with Crippen molar-refractivity contribution < 1.29 is 14.3 Å². The molecule has 146 valence electrons. The van der Waals surface area contributed by atoms with Crippen LogP contribution in [0.4, 0.5) is 4.79 Å². The van der Waals surface area contributed by atoms with Crippen LogP contribution in [0.3, 0.4) is 0 Å². The monoisotopic (exact) mass is 379 g/mol. The maximum Gasteiger partial charge on any atom is 0.327 e. The highest BCUT2D eigenvalue weighted by Gasteiger charge is 2.47. The van der Waals surface area contributed by atoms with E-state index in [1.807, 2.05) is 67.5 Å². The number of likely N-dealkylation sites (N-methyl/N-ethyl adjacent to an activating group) is 1. The molecule has 2 atom stereocenters. The molecule has 1 fully saturated rings. The molecule has 0 spiro atoms. The molecule has 2 aromatic carbocycles. The molecule has 6 heteroatoms. The van der Waals surface area contributed by atoms with Crippen LogP contribution < -0.4 is 4.74 Å². The van der Waals surface area contributed by atoms with Gasteiger partial charge in [-0.15, -0.1) is 0 Å². The summed E-state index contributed by atoms with van der Waals surface area (Å²) in [6, 6.07) is 15.2. The first kappa shape index (κ1) is 18.5. The summed E-state index contributed by atoms with van der Waals surface area (Å²) in [7, 11) is 5.56. The summed E-state index contributed by atoms with van der Waals surface area (Å²) >= 11 is 0. The average Bonchev–Trinajstić information content (AvgIpc) is 2.94. The van der Waals surface area contributed by atoms with Gasteiger partial charge in [0.05, 0.1) is 19.7 Å². The van der Waals surface area contributed by atoms with Crippen molar-refractivity contribution in [2.75, 3.05) is 27.7 Å². The molecule has 0 aromatic heterocycles. The normalized spacial score (nSPS) is 19.6. The van der Waals surface area contributed by atoms with Crippen LogP contribution in [-0.2, 0) is 17.8 Å². The van der Waals surface area contributed by atoms with Crippen molar-refractivity contribution in [1.82, 2.24) is 14.7 Å². The third kappa shape index (κ3) is 3.14. The Morgan fingerprint density at radius 2 is 1.75 bits per heavy atom. The largest absolute Gasteiger partial charge is 0.497 e. The summed E-state index contributed by atoms with van der Waals surface area (Å²) in [4.78, 5) is 31.3. The number of ether oxygens (including phenoxy) is 1. The fourth-order valence-electron chi connectivity index (χ4n) is 4.11. The summed E-state index contributed by atoms with van der Waals surface area (Å²) in [6.07, 6.45) is 0.590. The zero-order valence-corrected chi connectivity index (χ0v) is 16.5. The van der Waals surface area contributed by atoms with Gasteiger partial charge < -0.3 is 14.5 Å². The van der Waals surface area contributed by atoms with Crippen molar-refractivity contribution in [1.29, 1.82) is 0 Å². The molecular formula is C22H25N3O3. The van der Waals surface area contributed by atoms with E-state index < -0.39 is 0 Å². The predicted octanol–water partition coefficient (Wildman–Crippen LogP) is 2.69. The van der Waals surface area contributed by atoms with Crippen molar-refractivity contribution in [2.45, 2.75) is 25.0 Å². The van der Waals surface area contributed by atoms with E-state index >= 15 is 0 Å². The highest BCUT2D eigenvalue weighted by molar-refractivity contribution is 6.04. The van der Waals surface area contributed by atoms with E-state index in [-0.39, 0.29) is 24.0 Å². The molecule has 0 radical (unpaired) electrons. The zero-order chi connectivity index (χ0) is 19.8. The van der Waals surface area contributed by atoms with Crippen LogP contribution in [0.25, 0.3) is 0 Å². The molecule has 3 amide bonds. The summed E-state index contributed by atoms with van der Waals surface area (Å²) in [5.41, 5.74) is 3.33. The van der Waals surface area contributed by atoms with Crippen LogP contribution in [0.15, 0.2) is 48.5 Å².